The molecule has 0 saturated carbocycles. The molecule has 0 aliphatic heterocycles. The first-order chi connectivity index (χ1) is 10.6. The van der Waals surface area contributed by atoms with Gasteiger partial charge in [-0.3, -0.25) is 9.59 Å². The van der Waals surface area contributed by atoms with E-state index in [1.165, 1.54) is 17.8 Å². The lowest BCUT2D eigenvalue weighted by Crippen LogP contribution is -2.13. The largest absolute Gasteiger partial charge is 0.369 e. The van der Waals surface area contributed by atoms with Crippen LogP contribution in [0, 0.1) is 0 Å². The molecule has 0 aliphatic carbocycles. The van der Waals surface area contributed by atoms with E-state index < -0.39 is 0 Å². The Morgan fingerprint density at radius 2 is 1.86 bits per heavy atom. The van der Waals surface area contributed by atoms with E-state index in [2.05, 4.69) is 5.32 Å². The average molecular weight is 312 g/mol. The number of hydrogen-bond acceptors (Lipinski definition) is 3. The molecule has 0 aliphatic rings. The van der Waals surface area contributed by atoms with E-state index in [9.17, 15) is 9.59 Å². The van der Waals surface area contributed by atoms with E-state index in [0.29, 0.717) is 5.69 Å². The molecule has 5 heteroatoms. The molecule has 2 amide bonds. The topological polar surface area (TPSA) is 72.2 Å². The summed E-state index contributed by atoms with van der Waals surface area (Å²) in [5.74, 6) is -0.364. The predicted octanol–water partition coefficient (Wildman–Crippen LogP) is 2.92. The molecule has 112 valence electrons. The highest BCUT2D eigenvalue weighted by molar-refractivity contribution is 8.00. The number of nitrogens with one attached hydrogen (secondary N) is 1. The van der Waals surface area contributed by atoms with E-state index in [-0.39, 0.29) is 17.6 Å². The molecule has 2 rings (SSSR count). The molecule has 0 bridgehead atoms. The van der Waals surface area contributed by atoms with Gasteiger partial charge in [-0.25, -0.2) is 0 Å². The summed E-state index contributed by atoms with van der Waals surface area (Å²) in [7, 11) is 0. The number of hydrogen-bond donors (Lipinski definition) is 2. The lowest BCUT2D eigenvalue weighted by molar-refractivity contribution is -0.115. The maximum Gasteiger partial charge on any atom is 0.248 e. The third kappa shape index (κ3) is 5.46. The van der Waals surface area contributed by atoms with Crippen molar-refractivity contribution in [2.75, 3.05) is 11.1 Å². The molecular weight excluding hydrogens is 296 g/mol. The maximum absolute atomic E-state index is 11.9. The van der Waals surface area contributed by atoms with Crippen LogP contribution >= 0.6 is 11.8 Å². The molecule has 0 spiro atoms. The minimum atomic E-state index is -0.370. The van der Waals surface area contributed by atoms with Gasteiger partial charge in [0.1, 0.15) is 0 Å². The molecule has 0 aromatic heterocycles. The van der Waals surface area contributed by atoms with Crippen LogP contribution in [-0.4, -0.2) is 17.6 Å². The van der Waals surface area contributed by atoms with Gasteiger partial charge in [0, 0.05) is 16.7 Å². The summed E-state index contributed by atoms with van der Waals surface area (Å²) in [4.78, 5) is 23.5. The van der Waals surface area contributed by atoms with Gasteiger partial charge >= 0.3 is 0 Å². The van der Waals surface area contributed by atoms with Gasteiger partial charge < -0.3 is 11.1 Å². The summed E-state index contributed by atoms with van der Waals surface area (Å²) in [6.07, 6.45) is 3.24. The van der Waals surface area contributed by atoms with E-state index in [1.54, 1.807) is 12.1 Å². The summed E-state index contributed by atoms with van der Waals surface area (Å²) in [6.45, 7) is 0. The van der Waals surface area contributed by atoms with E-state index in [0.717, 1.165) is 10.5 Å². The molecule has 0 heterocycles. The molecule has 0 unspecified atom stereocenters. The Morgan fingerprint density at radius 3 is 2.59 bits per heavy atom. The van der Waals surface area contributed by atoms with E-state index >= 15 is 0 Å². The van der Waals surface area contributed by atoms with Crippen molar-refractivity contribution in [3.63, 3.8) is 0 Å². The third-order valence-corrected chi connectivity index (χ3v) is 3.73. The van der Waals surface area contributed by atoms with Gasteiger partial charge in [-0.2, -0.15) is 0 Å². The molecule has 3 N–H and O–H groups in total. The fourth-order valence-electron chi connectivity index (χ4n) is 1.74. The number of nitrogens with two attached hydrogens (primary N) is 1. The van der Waals surface area contributed by atoms with Gasteiger partial charge in [0.05, 0.1) is 5.75 Å². The predicted molar refractivity (Wildman–Crippen MR) is 90.5 cm³/mol. The monoisotopic (exact) mass is 312 g/mol. The van der Waals surface area contributed by atoms with Crippen molar-refractivity contribution >= 4 is 35.3 Å². The van der Waals surface area contributed by atoms with Crippen molar-refractivity contribution in [3.8, 4) is 0 Å². The van der Waals surface area contributed by atoms with Gasteiger partial charge in [0.15, 0.2) is 0 Å². The number of benzene rings is 2. The molecular formula is C17H16N2O2S. The molecule has 0 fully saturated rings. The summed E-state index contributed by atoms with van der Waals surface area (Å²) >= 11 is 1.34. The van der Waals surface area contributed by atoms with Crippen molar-refractivity contribution in [1.29, 1.82) is 0 Å². The van der Waals surface area contributed by atoms with Crippen LogP contribution in [0.1, 0.15) is 5.56 Å². The molecule has 2 aromatic rings. The van der Waals surface area contributed by atoms with Crippen molar-refractivity contribution in [2.24, 2.45) is 5.73 Å². The summed E-state index contributed by atoms with van der Waals surface area (Å²) in [6, 6.07) is 16.9. The highest BCUT2D eigenvalue weighted by atomic mass is 32.2. The third-order valence-electron chi connectivity index (χ3n) is 2.71. The summed E-state index contributed by atoms with van der Waals surface area (Å²) in [5, 5.41) is 2.78. The van der Waals surface area contributed by atoms with Crippen LogP contribution in [-0.2, 0) is 9.59 Å². The second-order valence-corrected chi connectivity index (χ2v) is 5.56. The van der Waals surface area contributed by atoms with Gasteiger partial charge in [-0.1, -0.05) is 36.4 Å². The van der Waals surface area contributed by atoms with Gasteiger partial charge in [-0.05, 0) is 29.8 Å². The van der Waals surface area contributed by atoms with Crippen LogP contribution in [0.5, 0.6) is 0 Å². The minimum Gasteiger partial charge on any atom is -0.369 e. The Hall–Kier alpha value is -2.53. The zero-order valence-corrected chi connectivity index (χ0v) is 12.7. The number of carbonyl (C=O) groups excluding carboxylic acids is 2. The first-order valence-corrected chi connectivity index (χ1v) is 7.67. The SMILES string of the molecule is NC(=O)CSc1cccc(NC(=O)/C=C/c2ccccc2)c1. The van der Waals surface area contributed by atoms with Crippen molar-refractivity contribution in [3.05, 3.63) is 66.2 Å². The Balaban J connectivity index is 1.95. The normalized spacial score (nSPS) is 10.5. The number of rotatable bonds is 6. The standard InChI is InChI=1S/C17H16N2O2S/c18-16(20)12-22-15-8-4-7-14(11-15)19-17(21)10-9-13-5-2-1-3-6-13/h1-11H,12H2,(H2,18,20)(H,19,21)/b10-9+. The van der Waals surface area contributed by atoms with Crippen LogP contribution in [0.15, 0.2) is 65.6 Å². The van der Waals surface area contributed by atoms with Crippen LogP contribution in [0.3, 0.4) is 0 Å². The summed E-state index contributed by atoms with van der Waals surface area (Å²) in [5.41, 5.74) is 6.75. The lowest BCUT2D eigenvalue weighted by atomic mass is 10.2. The Bertz CT molecular complexity index is 684. The fraction of sp³-hybridized carbons (Fsp3) is 0.0588. The number of primary amides is 1. The lowest BCUT2D eigenvalue weighted by Gasteiger charge is -2.05. The first kappa shape index (κ1) is 15.9. The second-order valence-electron chi connectivity index (χ2n) is 4.52. The number of carbonyl (C=O) groups is 2. The Morgan fingerprint density at radius 1 is 1.09 bits per heavy atom. The van der Waals surface area contributed by atoms with E-state index in [1.807, 2.05) is 48.5 Å². The minimum absolute atomic E-state index is 0.207. The fourth-order valence-corrected chi connectivity index (χ4v) is 2.43. The highest BCUT2D eigenvalue weighted by Crippen LogP contribution is 2.21. The zero-order chi connectivity index (χ0) is 15.8. The number of thioether (sulfide) groups is 1. The Kier molecular flexibility index (Phi) is 5.80. The molecule has 4 nitrogen and oxygen atoms in total. The second kappa shape index (κ2) is 8.05. The van der Waals surface area contributed by atoms with Crippen LogP contribution < -0.4 is 11.1 Å². The van der Waals surface area contributed by atoms with Crippen molar-refractivity contribution in [2.45, 2.75) is 4.90 Å². The zero-order valence-electron chi connectivity index (χ0n) is 11.9. The Labute approximate surface area is 133 Å². The molecule has 0 atom stereocenters. The quantitative estimate of drug-likeness (QED) is 0.636. The van der Waals surface area contributed by atoms with Crippen LogP contribution in [0.25, 0.3) is 6.08 Å². The van der Waals surface area contributed by atoms with Gasteiger partial charge in [0.25, 0.3) is 0 Å². The van der Waals surface area contributed by atoms with Crippen molar-refractivity contribution in [1.82, 2.24) is 0 Å². The highest BCUT2D eigenvalue weighted by Gasteiger charge is 2.02. The average Bonchev–Trinajstić information content (AvgIpc) is 2.52. The van der Waals surface area contributed by atoms with Crippen LogP contribution in [0.2, 0.25) is 0 Å². The van der Waals surface area contributed by atoms with Gasteiger partial charge in [-0.15, -0.1) is 11.8 Å². The smallest absolute Gasteiger partial charge is 0.248 e. The first-order valence-electron chi connectivity index (χ1n) is 6.69. The molecule has 0 radical (unpaired) electrons. The number of amides is 2. The van der Waals surface area contributed by atoms with Crippen molar-refractivity contribution < 1.29 is 9.59 Å². The van der Waals surface area contributed by atoms with E-state index in [4.69, 9.17) is 5.73 Å². The molecule has 0 saturated heterocycles. The number of anilines is 1. The molecule has 22 heavy (non-hydrogen) atoms. The van der Waals surface area contributed by atoms with Crippen LogP contribution in [0.4, 0.5) is 5.69 Å². The maximum atomic E-state index is 11.9. The van der Waals surface area contributed by atoms with Gasteiger partial charge in [0.2, 0.25) is 11.8 Å². The summed E-state index contributed by atoms with van der Waals surface area (Å²) < 4.78 is 0. The molecule has 2 aromatic carbocycles.